The first kappa shape index (κ1) is 72.0. The van der Waals surface area contributed by atoms with E-state index in [1.54, 1.807) is 0 Å². The van der Waals surface area contributed by atoms with Crippen LogP contribution in [0.3, 0.4) is 0 Å². The van der Waals surface area contributed by atoms with Crippen molar-refractivity contribution in [2.45, 2.75) is 315 Å². The Balaban J connectivity index is 1.36. The fraction of sp³-hybridized carbons (Fsp3) is 0.585. The Morgan fingerprint density at radius 1 is 0.253 bits per heavy atom. The van der Waals surface area contributed by atoms with Gasteiger partial charge in [0.1, 0.15) is 0 Å². The van der Waals surface area contributed by atoms with Gasteiger partial charge in [0, 0.05) is 0 Å². The molecule has 0 atom stereocenters. The number of rotatable bonds is 52. The molecule has 0 fully saturated rings. The summed E-state index contributed by atoms with van der Waals surface area (Å²) < 4.78 is 42.1. The maximum atomic E-state index is 17.1. The van der Waals surface area contributed by atoms with Crippen LogP contribution in [0, 0.1) is 0 Å². The van der Waals surface area contributed by atoms with E-state index in [0.717, 1.165) is 82.5 Å². The van der Waals surface area contributed by atoms with Gasteiger partial charge in [-0.15, -0.1) is 0 Å². The van der Waals surface area contributed by atoms with Crippen LogP contribution in [0.4, 0.5) is 0 Å². The second kappa shape index (κ2) is 42.8. The molecule has 0 saturated carbocycles. The molecule has 0 aliphatic rings. The molecule has 87 heavy (non-hydrogen) atoms. The molecule has 480 valence electrons. The molecule has 0 heterocycles. The summed E-state index contributed by atoms with van der Waals surface area (Å²) in [5.41, 5.74) is 3.73. The molecule has 0 aliphatic heterocycles. The van der Waals surface area contributed by atoms with Gasteiger partial charge in [0.05, 0.1) is 0 Å². The number of unbranched alkanes of at least 4 members (excludes halogenated alkanes) is 39. The molecular formula is C82H123O3PS. The van der Waals surface area contributed by atoms with Crippen molar-refractivity contribution in [2.24, 2.45) is 0 Å². The van der Waals surface area contributed by atoms with E-state index >= 15 is 8.42 Å². The summed E-state index contributed by atoms with van der Waals surface area (Å²) in [5.74, 6) is 0. The molecule has 0 aromatic heterocycles. The Kier molecular flexibility index (Phi) is 35.4. The van der Waals surface area contributed by atoms with Crippen molar-refractivity contribution in [1.29, 1.82) is 0 Å². The molecule has 6 aromatic rings. The summed E-state index contributed by atoms with van der Waals surface area (Å²) >= 11 is 0. The minimum Gasteiger partial charge on any atom is -0.0654 e. The minimum atomic E-state index is -4.64. The molecule has 6 aromatic carbocycles. The smallest absolute Gasteiger partial charge is 0.0654 e. The van der Waals surface area contributed by atoms with Gasteiger partial charge in [0.15, 0.2) is 0 Å². The summed E-state index contributed by atoms with van der Waals surface area (Å²) in [6.45, 7) is 2.27. The van der Waals surface area contributed by atoms with Crippen LogP contribution in [0.15, 0.2) is 150 Å². The van der Waals surface area contributed by atoms with Crippen LogP contribution in [0.2, 0.25) is 0 Å². The summed E-state index contributed by atoms with van der Waals surface area (Å²) in [4.78, 5) is 0.408. The molecule has 0 unspecified atom stereocenters. The van der Waals surface area contributed by atoms with Gasteiger partial charge in [0.2, 0.25) is 0 Å². The van der Waals surface area contributed by atoms with Crippen molar-refractivity contribution >= 4 is 48.9 Å². The van der Waals surface area contributed by atoms with E-state index in [2.05, 4.69) is 142 Å². The van der Waals surface area contributed by atoms with Gasteiger partial charge in [-0.25, -0.2) is 0 Å². The van der Waals surface area contributed by atoms with E-state index < -0.39 is 16.9 Å². The quantitative estimate of drug-likeness (QED) is 0.0282. The Morgan fingerprint density at radius 2 is 0.471 bits per heavy atom. The van der Waals surface area contributed by atoms with Crippen LogP contribution in [-0.4, -0.2) is 8.42 Å². The molecule has 3 nitrogen and oxygen atoms in total. The standard InChI is InChI=1S/C82H123O3PS/c1-4-7-10-13-16-19-22-25-28-31-34-37-40-55-68-77-78(69-56-41-38-35-32-29-26-23-20-17-14-11-8-5-2)80(71-57-42-39-36-33-30-27-24-21-18-15-12-9-6-3)82(81-72-59-58-70-79(77)81)87(83,84)85-86(73-60-47-43-48-61-73,74-62-49-44-50-63-74,75-64-51-45-52-65-75)76-66-53-46-54-67-76/h43-54,58-67,70,72H,4-42,55-57,68-69,71H2,1-3H3. The molecule has 0 bridgehead atoms. The van der Waals surface area contributed by atoms with Gasteiger partial charge >= 0.3 is 363 Å². The molecule has 0 amide bonds. The van der Waals surface area contributed by atoms with Crippen LogP contribution in [0.1, 0.15) is 307 Å². The predicted molar refractivity (Wildman–Crippen MR) is 385 cm³/mol. The predicted octanol–water partition coefficient (Wildman–Crippen LogP) is 24.4. The van der Waals surface area contributed by atoms with Crippen molar-refractivity contribution in [3.63, 3.8) is 0 Å². The molecule has 0 radical (unpaired) electrons. The van der Waals surface area contributed by atoms with Crippen LogP contribution < -0.4 is 21.2 Å². The number of benzene rings is 6. The molecule has 0 spiro atoms. The van der Waals surface area contributed by atoms with Crippen molar-refractivity contribution in [3.8, 4) is 0 Å². The van der Waals surface area contributed by atoms with Crippen LogP contribution in [0.25, 0.3) is 10.8 Å². The SMILES string of the molecule is CCCCCCCCCCCCCCCCc1c(CCCCCCCCCCCCCCCC)c(S(=O)(=O)OP(c2ccccc2)(c2ccccc2)(c2ccccc2)c2ccccc2)c2ccccc2c1CCCCCCCCCCCCCCCC. The van der Waals surface area contributed by atoms with Gasteiger partial charge in [-0.2, -0.15) is 0 Å². The van der Waals surface area contributed by atoms with E-state index in [1.807, 2.05) is 24.3 Å². The van der Waals surface area contributed by atoms with Crippen molar-refractivity contribution in [2.75, 3.05) is 0 Å². The van der Waals surface area contributed by atoms with E-state index in [9.17, 15) is 0 Å². The van der Waals surface area contributed by atoms with Crippen LogP contribution >= 0.6 is 6.83 Å². The Labute approximate surface area is 535 Å². The first-order valence-electron chi connectivity index (χ1n) is 36.7. The fourth-order valence-electron chi connectivity index (χ4n) is 14.4. The first-order chi connectivity index (χ1) is 42.9. The number of aryl methyl sites for hydroxylation is 1. The average Bonchev–Trinajstić information content (AvgIpc) is 0.806. The molecular weight excluding hydrogens is 1100 g/mol. The third-order valence-electron chi connectivity index (χ3n) is 19.3. The zero-order chi connectivity index (χ0) is 61.2. The fourth-order valence-corrected chi connectivity index (χ4v) is 23.3. The van der Waals surface area contributed by atoms with E-state index in [4.69, 9.17) is 3.97 Å². The zero-order valence-corrected chi connectivity index (χ0v) is 57.5. The Hall–Kier alpha value is -4.08. The van der Waals surface area contributed by atoms with E-state index in [0.29, 0.717) is 4.90 Å². The van der Waals surface area contributed by atoms with Crippen molar-refractivity contribution < 1.29 is 12.4 Å². The molecule has 0 saturated heterocycles. The Bertz CT molecular complexity index is 2620. The number of fused-ring (bicyclic) bond motifs is 1. The summed E-state index contributed by atoms with van der Waals surface area (Å²) in [6, 6.07) is 50.1. The molecule has 0 aliphatic carbocycles. The van der Waals surface area contributed by atoms with Gasteiger partial charge in [-0.3, -0.25) is 0 Å². The van der Waals surface area contributed by atoms with Gasteiger partial charge < -0.3 is 0 Å². The summed E-state index contributed by atoms with van der Waals surface area (Å²) in [5, 5.41) is 5.38. The van der Waals surface area contributed by atoms with Crippen LogP contribution in [0.5, 0.6) is 0 Å². The van der Waals surface area contributed by atoms with E-state index in [1.165, 1.54) is 255 Å². The molecule has 0 N–H and O–H groups in total. The van der Waals surface area contributed by atoms with Crippen LogP contribution in [-0.2, 0) is 33.4 Å². The normalized spacial score (nSPS) is 12.5. The average molecular weight is 1220 g/mol. The van der Waals surface area contributed by atoms with Gasteiger partial charge in [-0.1, -0.05) is 175 Å². The number of hydrogen-bond donors (Lipinski definition) is 0. The summed E-state index contributed by atoms with van der Waals surface area (Å²) in [6.07, 6.45) is 57.8. The second-order valence-corrected chi connectivity index (χ2v) is 32.3. The molecule has 6 rings (SSSR count). The second-order valence-electron chi connectivity index (χ2n) is 26.3. The van der Waals surface area contributed by atoms with Gasteiger partial charge in [0.25, 0.3) is 0 Å². The number of hydrogen-bond acceptors (Lipinski definition) is 3. The van der Waals surface area contributed by atoms with E-state index in [-0.39, 0.29) is 0 Å². The van der Waals surface area contributed by atoms with Crippen molar-refractivity contribution in [3.05, 3.63) is 162 Å². The molecule has 5 heteroatoms. The third-order valence-corrected chi connectivity index (χ3v) is 27.4. The third kappa shape index (κ3) is 22.7. The maximum absolute atomic E-state index is 17.1. The Morgan fingerprint density at radius 3 is 0.747 bits per heavy atom. The minimum absolute atomic E-state index is 0.408. The van der Waals surface area contributed by atoms with Gasteiger partial charge in [-0.05, 0) is 0 Å². The first-order valence-corrected chi connectivity index (χ1v) is 40.2. The van der Waals surface area contributed by atoms with Crippen molar-refractivity contribution in [1.82, 2.24) is 0 Å². The monoisotopic (exact) mass is 1220 g/mol. The topological polar surface area (TPSA) is 43.4 Å². The summed E-state index contributed by atoms with van der Waals surface area (Å²) in [7, 11) is -4.59. The zero-order valence-electron chi connectivity index (χ0n) is 55.8.